The number of ether oxygens (including phenoxy) is 1. The van der Waals surface area contributed by atoms with Gasteiger partial charge in [-0.1, -0.05) is 13.8 Å². The number of rotatable bonds is 8. The predicted octanol–water partition coefficient (Wildman–Crippen LogP) is 2.65. The first kappa shape index (κ1) is 16.5. The molecule has 0 atom stereocenters. The molecule has 2 amide bonds. The molecule has 0 radical (unpaired) electrons. The number of carbonyl (C=O) groups excluding carboxylic acids is 1. The summed E-state index contributed by atoms with van der Waals surface area (Å²) in [4.78, 5) is 11.7. The van der Waals surface area contributed by atoms with Gasteiger partial charge in [-0.15, -0.1) is 0 Å². The Morgan fingerprint density at radius 1 is 1.40 bits per heavy atom. The maximum atomic E-state index is 11.7. The monoisotopic (exact) mass is 282 g/mol. The van der Waals surface area contributed by atoms with Crippen LogP contribution in [0.1, 0.15) is 40.2 Å². The minimum absolute atomic E-state index is 0.212. The molecule has 1 heterocycles. The van der Waals surface area contributed by atoms with Gasteiger partial charge in [-0.25, -0.2) is 9.48 Å². The predicted molar refractivity (Wildman–Crippen MR) is 79.9 cm³/mol. The fraction of sp³-hybridized carbons (Fsp3) is 0.714. The summed E-state index contributed by atoms with van der Waals surface area (Å²) < 4.78 is 7.22. The van der Waals surface area contributed by atoms with E-state index >= 15 is 0 Å². The maximum Gasteiger partial charge on any atom is 0.320 e. The molecule has 0 saturated carbocycles. The minimum Gasteiger partial charge on any atom is -0.381 e. The van der Waals surface area contributed by atoms with Crippen molar-refractivity contribution in [1.29, 1.82) is 0 Å². The number of urea groups is 1. The van der Waals surface area contributed by atoms with Gasteiger partial charge in [0.1, 0.15) is 5.82 Å². The van der Waals surface area contributed by atoms with Crippen LogP contribution < -0.4 is 10.6 Å². The van der Waals surface area contributed by atoms with Gasteiger partial charge in [-0.2, -0.15) is 5.10 Å². The van der Waals surface area contributed by atoms with Crippen LogP contribution >= 0.6 is 0 Å². The summed E-state index contributed by atoms with van der Waals surface area (Å²) in [5.74, 6) is 1.25. The highest BCUT2D eigenvalue weighted by molar-refractivity contribution is 5.88. The van der Waals surface area contributed by atoms with Crippen molar-refractivity contribution in [3.05, 3.63) is 12.3 Å². The van der Waals surface area contributed by atoms with E-state index in [-0.39, 0.29) is 12.1 Å². The van der Waals surface area contributed by atoms with Crippen LogP contribution in [-0.2, 0) is 4.74 Å². The molecule has 1 aromatic rings. The fourth-order valence-electron chi connectivity index (χ4n) is 1.68. The molecule has 6 heteroatoms. The van der Waals surface area contributed by atoms with Crippen molar-refractivity contribution < 1.29 is 9.53 Å². The zero-order valence-electron chi connectivity index (χ0n) is 12.8. The van der Waals surface area contributed by atoms with Gasteiger partial charge in [0.2, 0.25) is 0 Å². The Hall–Kier alpha value is -1.56. The van der Waals surface area contributed by atoms with Crippen LogP contribution in [0.3, 0.4) is 0 Å². The number of carbonyl (C=O) groups is 1. The summed E-state index contributed by atoms with van der Waals surface area (Å²) in [5.41, 5.74) is 0. The molecule has 114 valence electrons. The van der Waals surface area contributed by atoms with Crippen molar-refractivity contribution in [2.45, 2.75) is 40.2 Å². The van der Waals surface area contributed by atoms with E-state index in [2.05, 4.69) is 29.6 Å². The first-order valence-electron chi connectivity index (χ1n) is 7.16. The Kier molecular flexibility index (Phi) is 7.08. The molecule has 2 N–H and O–H groups in total. The Morgan fingerprint density at radius 3 is 2.80 bits per heavy atom. The zero-order chi connectivity index (χ0) is 15.0. The third kappa shape index (κ3) is 6.06. The topological polar surface area (TPSA) is 68.2 Å². The van der Waals surface area contributed by atoms with E-state index in [9.17, 15) is 4.79 Å². The molecule has 0 spiro atoms. The number of aromatic nitrogens is 2. The summed E-state index contributed by atoms with van der Waals surface area (Å²) in [6.07, 6.45) is 2.49. The van der Waals surface area contributed by atoms with Gasteiger partial charge in [0, 0.05) is 31.9 Å². The Labute approximate surface area is 120 Å². The molecule has 0 bridgehead atoms. The van der Waals surface area contributed by atoms with Crippen molar-refractivity contribution >= 4 is 11.8 Å². The van der Waals surface area contributed by atoms with Crippen LogP contribution in [0.4, 0.5) is 10.6 Å². The van der Waals surface area contributed by atoms with Gasteiger partial charge in [0.15, 0.2) is 0 Å². The number of hydrogen-bond donors (Lipinski definition) is 2. The van der Waals surface area contributed by atoms with Crippen LogP contribution in [0.25, 0.3) is 0 Å². The molecule has 0 saturated heterocycles. The van der Waals surface area contributed by atoms with Crippen LogP contribution in [-0.4, -0.2) is 35.6 Å². The molecule has 0 aliphatic heterocycles. The van der Waals surface area contributed by atoms with Crippen LogP contribution in [0.15, 0.2) is 12.3 Å². The Morgan fingerprint density at radius 2 is 2.15 bits per heavy atom. The third-order valence-corrected chi connectivity index (χ3v) is 2.60. The second kappa shape index (κ2) is 8.58. The van der Waals surface area contributed by atoms with Crippen molar-refractivity contribution in [1.82, 2.24) is 15.1 Å². The lowest BCUT2D eigenvalue weighted by molar-refractivity contribution is 0.108. The number of amides is 2. The molecule has 6 nitrogen and oxygen atoms in total. The summed E-state index contributed by atoms with van der Waals surface area (Å²) in [6.45, 7) is 10.3. The Bertz CT molecular complexity index is 402. The zero-order valence-corrected chi connectivity index (χ0v) is 12.8. The molecule has 0 unspecified atom stereocenters. The number of anilines is 1. The molecular formula is C14H26N4O2. The molecule has 0 aromatic carbocycles. The van der Waals surface area contributed by atoms with Crippen LogP contribution in [0.5, 0.6) is 0 Å². The SMILES string of the molecule is CC(C)COCCCNC(=O)Nc1ccnn1C(C)C. The maximum absolute atomic E-state index is 11.7. The summed E-state index contributed by atoms with van der Waals surface area (Å²) in [6, 6.07) is 1.78. The van der Waals surface area contributed by atoms with E-state index in [4.69, 9.17) is 4.74 Å². The molecule has 1 rings (SSSR count). The second-order valence-electron chi connectivity index (χ2n) is 5.46. The summed E-state index contributed by atoms with van der Waals surface area (Å²) in [5, 5.41) is 9.75. The van der Waals surface area contributed by atoms with Gasteiger partial charge in [0.05, 0.1) is 6.20 Å². The van der Waals surface area contributed by atoms with Crippen LogP contribution in [0, 0.1) is 5.92 Å². The normalized spacial score (nSPS) is 11.1. The Balaban J connectivity index is 2.19. The smallest absolute Gasteiger partial charge is 0.320 e. The fourth-order valence-corrected chi connectivity index (χ4v) is 1.68. The first-order chi connectivity index (χ1) is 9.50. The molecule has 20 heavy (non-hydrogen) atoms. The number of hydrogen-bond acceptors (Lipinski definition) is 3. The summed E-state index contributed by atoms with van der Waals surface area (Å²) >= 11 is 0. The quantitative estimate of drug-likeness (QED) is 0.720. The number of nitrogens with zero attached hydrogens (tertiary/aromatic N) is 2. The average Bonchev–Trinajstić information content (AvgIpc) is 2.81. The van der Waals surface area contributed by atoms with E-state index in [1.54, 1.807) is 16.9 Å². The lowest BCUT2D eigenvalue weighted by Crippen LogP contribution is -2.31. The lowest BCUT2D eigenvalue weighted by Gasteiger charge is -2.12. The minimum atomic E-state index is -0.212. The standard InChI is InChI=1S/C14H26N4O2/c1-11(2)10-20-9-5-7-15-14(19)17-13-6-8-16-18(13)12(3)4/h6,8,11-12H,5,7,9-10H2,1-4H3,(H2,15,17,19). The highest BCUT2D eigenvalue weighted by atomic mass is 16.5. The average molecular weight is 282 g/mol. The highest BCUT2D eigenvalue weighted by Gasteiger charge is 2.08. The summed E-state index contributed by atoms with van der Waals surface area (Å²) in [7, 11) is 0. The lowest BCUT2D eigenvalue weighted by atomic mass is 10.2. The molecule has 1 aromatic heterocycles. The molecule has 0 aliphatic carbocycles. The van der Waals surface area contributed by atoms with Gasteiger partial charge >= 0.3 is 6.03 Å². The largest absolute Gasteiger partial charge is 0.381 e. The van der Waals surface area contributed by atoms with Crippen molar-refractivity contribution in [3.8, 4) is 0 Å². The van der Waals surface area contributed by atoms with E-state index in [0.29, 0.717) is 24.9 Å². The van der Waals surface area contributed by atoms with Crippen molar-refractivity contribution in [2.75, 3.05) is 25.1 Å². The second-order valence-corrected chi connectivity index (χ2v) is 5.46. The van der Waals surface area contributed by atoms with Crippen LogP contribution in [0.2, 0.25) is 0 Å². The van der Waals surface area contributed by atoms with Gasteiger partial charge in [-0.05, 0) is 26.2 Å². The van der Waals surface area contributed by atoms with E-state index < -0.39 is 0 Å². The highest BCUT2D eigenvalue weighted by Crippen LogP contribution is 2.12. The number of nitrogens with one attached hydrogen (secondary N) is 2. The van der Waals surface area contributed by atoms with E-state index in [1.165, 1.54) is 0 Å². The van der Waals surface area contributed by atoms with Gasteiger partial charge in [-0.3, -0.25) is 5.32 Å². The molecular weight excluding hydrogens is 256 g/mol. The van der Waals surface area contributed by atoms with Gasteiger partial charge in [0.25, 0.3) is 0 Å². The van der Waals surface area contributed by atoms with E-state index in [0.717, 1.165) is 13.0 Å². The van der Waals surface area contributed by atoms with E-state index in [1.807, 2.05) is 13.8 Å². The molecule has 0 aliphatic rings. The van der Waals surface area contributed by atoms with Gasteiger partial charge < -0.3 is 10.1 Å². The third-order valence-electron chi connectivity index (χ3n) is 2.60. The van der Waals surface area contributed by atoms with Crippen molar-refractivity contribution in [3.63, 3.8) is 0 Å². The first-order valence-corrected chi connectivity index (χ1v) is 7.16. The molecule has 0 fully saturated rings. The van der Waals surface area contributed by atoms with Crippen molar-refractivity contribution in [2.24, 2.45) is 5.92 Å².